The van der Waals surface area contributed by atoms with Crippen LogP contribution in [-0.2, 0) is 0 Å². The topological polar surface area (TPSA) is 81.2 Å². The number of nitrogens with two attached hydrogens (primary N) is 1. The molecule has 1 amide bonds. The van der Waals surface area contributed by atoms with Crippen molar-refractivity contribution in [3.05, 3.63) is 17.8 Å². The van der Waals surface area contributed by atoms with Crippen LogP contribution in [0, 0.1) is 5.92 Å². The predicted octanol–water partition coefficient (Wildman–Crippen LogP) is 3.42. The molecule has 5 nitrogen and oxygen atoms in total. The van der Waals surface area contributed by atoms with Crippen LogP contribution in [0.15, 0.2) is 10.7 Å². The molecule has 0 saturated carbocycles. The maximum atomic E-state index is 11.9. The van der Waals surface area contributed by atoms with E-state index in [-0.39, 0.29) is 11.9 Å². The number of oxazole rings is 1. The summed E-state index contributed by atoms with van der Waals surface area (Å²) in [5, 5.41) is 2.87. The first-order valence-electron chi connectivity index (χ1n) is 8.03. The third-order valence-electron chi connectivity index (χ3n) is 3.36. The van der Waals surface area contributed by atoms with Crippen LogP contribution >= 0.6 is 0 Å². The largest absolute Gasteiger partial charge is 0.446 e. The number of amides is 1. The van der Waals surface area contributed by atoms with Crippen molar-refractivity contribution in [3.63, 3.8) is 0 Å². The number of aromatic nitrogens is 1. The van der Waals surface area contributed by atoms with Crippen LogP contribution in [0.4, 0.5) is 0 Å². The molecule has 1 aromatic heterocycles. The fourth-order valence-corrected chi connectivity index (χ4v) is 2.19. The zero-order chi connectivity index (χ0) is 15.7. The number of nitrogens with zero attached hydrogens (tertiary/aromatic N) is 1. The minimum atomic E-state index is -0.249. The third kappa shape index (κ3) is 6.76. The van der Waals surface area contributed by atoms with Crippen molar-refractivity contribution in [3.8, 4) is 0 Å². The van der Waals surface area contributed by atoms with Gasteiger partial charge in [-0.25, -0.2) is 4.98 Å². The van der Waals surface area contributed by atoms with Crippen molar-refractivity contribution in [2.75, 3.05) is 6.54 Å². The molecule has 21 heavy (non-hydrogen) atoms. The molecule has 0 aliphatic heterocycles. The molecule has 0 aliphatic carbocycles. The van der Waals surface area contributed by atoms with Crippen LogP contribution < -0.4 is 11.1 Å². The predicted molar refractivity (Wildman–Crippen MR) is 84.0 cm³/mol. The van der Waals surface area contributed by atoms with Gasteiger partial charge < -0.3 is 15.5 Å². The van der Waals surface area contributed by atoms with Crippen LogP contribution in [0.5, 0.6) is 0 Å². The van der Waals surface area contributed by atoms with E-state index in [0.717, 1.165) is 19.3 Å². The summed E-state index contributed by atoms with van der Waals surface area (Å²) in [4.78, 5) is 16.1. The van der Waals surface area contributed by atoms with Crippen molar-refractivity contribution in [2.45, 2.75) is 65.3 Å². The molecular formula is C16H29N3O2. The van der Waals surface area contributed by atoms with Gasteiger partial charge in [0.05, 0.1) is 6.04 Å². The van der Waals surface area contributed by atoms with Crippen LogP contribution in [0.1, 0.15) is 81.7 Å². The highest BCUT2D eigenvalue weighted by Crippen LogP contribution is 2.18. The molecule has 1 atom stereocenters. The maximum Gasteiger partial charge on any atom is 0.273 e. The Morgan fingerprint density at radius 3 is 2.71 bits per heavy atom. The molecule has 3 N–H and O–H groups in total. The van der Waals surface area contributed by atoms with Gasteiger partial charge in [-0.05, 0) is 18.8 Å². The number of hydrogen-bond acceptors (Lipinski definition) is 4. The Hall–Kier alpha value is -1.36. The molecule has 0 radical (unpaired) electrons. The fraction of sp³-hybridized carbons (Fsp3) is 0.750. The molecule has 0 bridgehead atoms. The van der Waals surface area contributed by atoms with Crippen LogP contribution in [0.2, 0.25) is 0 Å². The SMILES string of the molecule is CCCCCCCNC(=O)c1coc(C(N)CC(C)C)n1. The lowest BCUT2D eigenvalue weighted by molar-refractivity contribution is 0.0948. The number of rotatable bonds is 10. The molecule has 0 aliphatic rings. The van der Waals surface area contributed by atoms with E-state index in [4.69, 9.17) is 10.2 Å². The van der Waals surface area contributed by atoms with Gasteiger partial charge in [0.25, 0.3) is 5.91 Å². The van der Waals surface area contributed by atoms with Gasteiger partial charge in [0.1, 0.15) is 6.26 Å². The lowest BCUT2D eigenvalue weighted by Crippen LogP contribution is -2.25. The summed E-state index contributed by atoms with van der Waals surface area (Å²) in [5.74, 6) is 0.723. The van der Waals surface area contributed by atoms with E-state index in [2.05, 4.69) is 31.1 Å². The highest BCUT2D eigenvalue weighted by molar-refractivity contribution is 5.91. The molecule has 0 spiro atoms. The monoisotopic (exact) mass is 295 g/mol. The number of unbranched alkanes of at least 4 members (excludes halogenated alkanes) is 4. The zero-order valence-electron chi connectivity index (χ0n) is 13.5. The number of carbonyl (C=O) groups is 1. The standard InChI is InChI=1S/C16H29N3O2/c1-4-5-6-7-8-9-18-15(20)14-11-21-16(19-14)13(17)10-12(2)3/h11-13H,4-10,17H2,1-3H3,(H,18,20). The molecule has 120 valence electrons. The Labute approximate surface area is 127 Å². The van der Waals surface area contributed by atoms with Crippen LogP contribution in [0.3, 0.4) is 0 Å². The first kappa shape index (κ1) is 17.7. The third-order valence-corrected chi connectivity index (χ3v) is 3.36. The number of hydrogen-bond donors (Lipinski definition) is 2. The lowest BCUT2D eigenvalue weighted by atomic mass is 10.0. The normalized spacial score (nSPS) is 12.6. The Kier molecular flexibility index (Phi) is 8.05. The van der Waals surface area contributed by atoms with Gasteiger partial charge in [0, 0.05) is 6.54 Å². The lowest BCUT2D eigenvalue weighted by Gasteiger charge is -2.09. The van der Waals surface area contributed by atoms with Gasteiger partial charge in [-0.2, -0.15) is 0 Å². The molecule has 1 aromatic rings. The highest BCUT2D eigenvalue weighted by Gasteiger charge is 2.17. The Morgan fingerprint density at radius 1 is 1.33 bits per heavy atom. The summed E-state index contributed by atoms with van der Waals surface area (Å²) in [7, 11) is 0. The minimum absolute atomic E-state index is 0.183. The van der Waals surface area contributed by atoms with Gasteiger partial charge in [0.2, 0.25) is 5.89 Å². The van der Waals surface area contributed by atoms with Gasteiger partial charge in [-0.15, -0.1) is 0 Å². The van der Waals surface area contributed by atoms with Crippen LogP contribution in [-0.4, -0.2) is 17.4 Å². The van der Waals surface area contributed by atoms with Gasteiger partial charge in [0.15, 0.2) is 5.69 Å². The highest BCUT2D eigenvalue weighted by atomic mass is 16.3. The van der Waals surface area contributed by atoms with E-state index >= 15 is 0 Å². The average molecular weight is 295 g/mol. The molecule has 5 heteroatoms. The summed E-state index contributed by atoms with van der Waals surface area (Å²) < 4.78 is 5.31. The Morgan fingerprint density at radius 2 is 2.05 bits per heavy atom. The summed E-state index contributed by atoms with van der Waals surface area (Å²) >= 11 is 0. The van der Waals surface area contributed by atoms with Gasteiger partial charge in [-0.3, -0.25) is 4.79 Å². The van der Waals surface area contributed by atoms with E-state index in [1.54, 1.807) is 0 Å². The van der Waals surface area contributed by atoms with Crippen LogP contribution in [0.25, 0.3) is 0 Å². The summed E-state index contributed by atoms with van der Waals surface area (Å²) in [6, 6.07) is -0.249. The Balaban J connectivity index is 2.33. The second-order valence-corrected chi connectivity index (χ2v) is 5.98. The van der Waals surface area contributed by atoms with Crippen molar-refractivity contribution < 1.29 is 9.21 Å². The number of nitrogens with one attached hydrogen (secondary N) is 1. The van der Waals surface area contributed by atoms with Crippen molar-refractivity contribution >= 4 is 5.91 Å². The molecule has 1 rings (SSSR count). The quantitative estimate of drug-likeness (QED) is 0.648. The second kappa shape index (κ2) is 9.55. The van der Waals surface area contributed by atoms with Gasteiger partial charge in [-0.1, -0.05) is 46.5 Å². The van der Waals surface area contributed by atoms with Crippen molar-refractivity contribution in [1.29, 1.82) is 0 Å². The van der Waals surface area contributed by atoms with E-state index in [9.17, 15) is 4.79 Å². The molecule has 1 heterocycles. The summed E-state index contributed by atoms with van der Waals surface area (Å²) in [5.41, 5.74) is 6.31. The molecule has 0 fully saturated rings. The Bertz CT molecular complexity index is 415. The van der Waals surface area contributed by atoms with E-state index < -0.39 is 0 Å². The first-order valence-corrected chi connectivity index (χ1v) is 8.03. The summed E-state index contributed by atoms with van der Waals surface area (Å²) in [6.07, 6.45) is 8.05. The first-order chi connectivity index (χ1) is 10.0. The maximum absolute atomic E-state index is 11.9. The zero-order valence-corrected chi connectivity index (χ0v) is 13.5. The van der Waals surface area contributed by atoms with Crippen molar-refractivity contribution in [2.24, 2.45) is 11.7 Å². The molecule has 1 unspecified atom stereocenters. The average Bonchev–Trinajstić information content (AvgIpc) is 2.91. The minimum Gasteiger partial charge on any atom is -0.446 e. The molecule has 0 saturated heterocycles. The van der Waals surface area contributed by atoms with E-state index in [0.29, 0.717) is 24.0 Å². The van der Waals surface area contributed by atoms with E-state index in [1.165, 1.54) is 25.5 Å². The summed E-state index contributed by atoms with van der Waals surface area (Å²) in [6.45, 7) is 7.06. The molecular weight excluding hydrogens is 266 g/mol. The fourth-order valence-electron chi connectivity index (χ4n) is 2.19. The van der Waals surface area contributed by atoms with Gasteiger partial charge >= 0.3 is 0 Å². The van der Waals surface area contributed by atoms with E-state index in [1.807, 2.05) is 0 Å². The molecule has 0 aromatic carbocycles. The number of carbonyl (C=O) groups excluding carboxylic acids is 1. The van der Waals surface area contributed by atoms with Crippen molar-refractivity contribution in [1.82, 2.24) is 10.3 Å². The second-order valence-electron chi connectivity index (χ2n) is 5.98. The smallest absolute Gasteiger partial charge is 0.273 e.